The molecular formula is C86H93B2Cl5N16O16. The number of fused-ring (bicyclic) bond motifs is 3. The van der Waals surface area contributed by atoms with Gasteiger partial charge in [0, 0.05) is 110 Å². The Morgan fingerprint density at radius 2 is 0.840 bits per heavy atom. The van der Waals surface area contributed by atoms with Crippen molar-refractivity contribution in [1.82, 2.24) is 70.4 Å². The first kappa shape index (κ1) is 97.4. The van der Waals surface area contributed by atoms with E-state index >= 15 is 0 Å². The zero-order valence-corrected chi connectivity index (χ0v) is 75.4. The Bertz CT molecular complexity index is 5750. The Labute approximate surface area is 749 Å². The summed E-state index contributed by atoms with van der Waals surface area (Å²) < 4.78 is 64.3. The highest BCUT2D eigenvalue weighted by Gasteiger charge is 2.54. The van der Waals surface area contributed by atoms with Gasteiger partial charge in [-0.2, -0.15) is 10.5 Å². The minimum Gasteiger partial charge on any atom is -0.489 e. The lowest BCUT2D eigenvalue weighted by molar-refractivity contribution is 0.00578. The van der Waals surface area contributed by atoms with Gasteiger partial charge in [-0.1, -0.05) is 78.8 Å². The van der Waals surface area contributed by atoms with Gasteiger partial charge < -0.3 is 70.6 Å². The Balaban J connectivity index is 0.000000176. The van der Waals surface area contributed by atoms with Crippen LogP contribution in [0, 0.1) is 22.7 Å². The molecule has 14 heterocycles. The van der Waals surface area contributed by atoms with E-state index in [1.54, 1.807) is 122 Å². The van der Waals surface area contributed by atoms with Gasteiger partial charge in [-0.25, -0.2) is 4.79 Å². The fourth-order valence-electron chi connectivity index (χ4n) is 11.7. The van der Waals surface area contributed by atoms with Gasteiger partial charge in [0.15, 0.2) is 61.4 Å². The molecule has 654 valence electrons. The molecule has 0 bridgehead atoms. The minimum absolute atomic E-state index is 0. The third-order valence-corrected chi connectivity index (χ3v) is 20.8. The van der Waals surface area contributed by atoms with E-state index in [1.807, 2.05) is 91.8 Å². The molecule has 0 radical (unpaired) electrons. The van der Waals surface area contributed by atoms with Gasteiger partial charge in [-0.3, -0.25) is 29.3 Å². The number of carbonyl (C=O) groups is 4. The molecule has 4 aliphatic heterocycles. The number of rotatable bonds is 13. The Kier molecular flexibility index (Phi) is 33.9. The average molecular weight is 1810 g/mol. The number of furan rings is 3. The maximum absolute atomic E-state index is 12.1. The molecule has 4 saturated heterocycles. The molecule has 39 heteroatoms. The molecular weight excluding hydrogens is 1710 g/mol. The van der Waals surface area contributed by atoms with Crippen LogP contribution in [0.2, 0.25) is 20.4 Å². The number of nitrogens with zero attached hydrogens (tertiary/aromatic N) is 16. The van der Waals surface area contributed by atoms with E-state index in [2.05, 4.69) is 81.7 Å². The Morgan fingerprint density at radius 3 is 1.23 bits per heavy atom. The van der Waals surface area contributed by atoms with Crippen LogP contribution in [0.4, 0.5) is 0 Å². The molecule has 4 aliphatic rings. The van der Waals surface area contributed by atoms with E-state index in [0.29, 0.717) is 127 Å². The number of halogens is 5. The van der Waals surface area contributed by atoms with E-state index in [4.69, 9.17) is 102 Å². The first-order valence-corrected chi connectivity index (χ1v) is 40.8. The Morgan fingerprint density at radius 1 is 0.464 bits per heavy atom. The number of hydrogen-bond acceptors (Lipinski definition) is 28. The molecule has 0 unspecified atom stereocenters. The van der Waals surface area contributed by atoms with E-state index in [0.717, 1.165) is 42.3 Å². The normalized spacial score (nSPS) is 15.2. The van der Waals surface area contributed by atoms with Gasteiger partial charge in [0.2, 0.25) is 0 Å². The molecule has 125 heavy (non-hydrogen) atoms. The van der Waals surface area contributed by atoms with Crippen LogP contribution in [0.3, 0.4) is 0 Å². The number of benzene rings is 2. The fourth-order valence-corrected chi connectivity index (χ4v) is 12.3. The lowest BCUT2D eigenvalue weighted by atomic mass is 9.78. The van der Waals surface area contributed by atoms with Crippen molar-refractivity contribution in [3.8, 4) is 57.7 Å². The van der Waals surface area contributed by atoms with Crippen LogP contribution in [0.15, 0.2) is 153 Å². The summed E-state index contributed by atoms with van der Waals surface area (Å²) >= 11 is 23.0. The molecule has 16 rings (SSSR count). The lowest BCUT2D eigenvalue weighted by Crippen LogP contribution is -2.41. The van der Waals surface area contributed by atoms with Crippen molar-refractivity contribution in [3.63, 3.8) is 0 Å². The highest BCUT2D eigenvalue weighted by Crippen LogP contribution is 2.40. The van der Waals surface area contributed by atoms with Crippen LogP contribution < -0.4 is 20.6 Å². The molecule has 0 atom stereocenters. The molecule has 0 spiro atoms. The summed E-state index contributed by atoms with van der Waals surface area (Å²) in [6.07, 6.45) is 9.66. The quantitative estimate of drug-likeness (QED) is 0.105. The summed E-state index contributed by atoms with van der Waals surface area (Å²) in [5, 5.41) is 59.0. The summed E-state index contributed by atoms with van der Waals surface area (Å²) in [5.41, 5.74) is 7.76. The molecule has 3 amide bonds. The van der Waals surface area contributed by atoms with Crippen molar-refractivity contribution >= 4 is 141 Å². The summed E-state index contributed by atoms with van der Waals surface area (Å²) in [6.45, 7) is 23.1. The van der Waals surface area contributed by atoms with E-state index < -0.39 is 42.6 Å². The second kappa shape index (κ2) is 43.5. The molecule has 4 fully saturated rings. The second-order valence-corrected chi connectivity index (χ2v) is 32.5. The number of aromatic nitrogens is 11. The first-order valence-electron chi connectivity index (χ1n) is 39.2. The number of carboxylic acid groups (broad SMARTS) is 1. The predicted molar refractivity (Wildman–Crippen MR) is 474 cm³/mol. The van der Waals surface area contributed by atoms with E-state index in [-0.39, 0.29) is 69.7 Å². The van der Waals surface area contributed by atoms with Crippen molar-refractivity contribution in [1.29, 1.82) is 10.5 Å². The number of ether oxygens (including phenoxy) is 4. The van der Waals surface area contributed by atoms with Crippen molar-refractivity contribution < 1.29 is 75.1 Å². The largest absolute Gasteiger partial charge is 0.532 e. The number of aromatic carboxylic acids is 1. The van der Waals surface area contributed by atoms with Gasteiger partial charge in [-0.15, -0.1) is 53.2 Å². The molecule has 12 aromatic rings. The van der Waals surface area contributed by atoms with Crippen molar-refractivity contribution in [2.75, 3.05) is 68.7 Å². The SMILES string of the molecule is CC1(C)OB(c2cc3nccc(Cl)c3o2)OC1(C)C.CC1(C)OB(c2ccc(OC3CCOCC3)c(C#N)c2)OC1(C)C.CCC.CN(C)C(=O)c1ccc(-c2cc3nccc(-c4ccc(OC5CCOCC5)c(C#N)c4)c3o2)nn1.CN(C)C(=O)c1ccc(-c2cc3nccc(Cl)c3o2)nn1.CN(C)C(=O)c1ccc(Cl)nn1.Cl.O=C(O)c1ccc(Cl)nn1. The summed E-state index contributed by atoms with van der Waals surface area (Å²) in [7, 11) is 8.93. The van der Waals surface area contributed by atoms with Crippen molar-refractivity contribution in [2.24, 2.45) is 0 Å². The molecule has 0 aliphatic carbocycles. The predicted octanol–water partition coefficient (Wildman–Crippen LogP) is 15.4. The fraction of sp³-hybridized carbons (Fsp3) is 0.360. The second-order valence-electron chi connectivity index (χ2n) is 30.9. The van der Waals surface area contributed by atoms with Crippen LogP contribution in [-0.4, -0.2) is 217 Å². The third-order valence-electron chi connectivity index (χ3n) is 19.8. The van der Waals surface area contributed by atoms with Gasteiger partial charge in [0.1, 0.15) is 69.4 Å². The van der Waals surface area contributed by atoms with Crippen LogP contribution >= 0.6 is 58.8 Å². The monoisotopic (exact) mass is 1800 g/mol. The van der Waals surface area contributed by atoms with Gasteiger partial charge in [0.25, 0.3) is 17.7 Å². The Hall–Kier alpha value is -11.4. The van der Waals surface area contributed by atoms with Crippen LogP contribution in [-0.2, 0) is 28.1 Å². The van der Waals surface area contributed by atoms with E-state index in [9.17, 15) is 29.7 Å². The standard InChI is InChI=1S/C26H23N5O4.C18H24BNO4.C14H11ClN4O2.C13H15BClNO3.C7H8ClN3O.C5H3ClN2O2.C3H8.ClH/c1-31(2)26(32)21-5-4-20(29-30-21)24-14-22-25(35-24)19(7-10-28-22)16-3-6-23(17(13-16)15-27)34-18-8-11-33-12-9-18;1-17(2)18(3,4)24-19(23-17)14-5-6-16(13(11-14)12-20)22-15-7-9-21-10-8-15;1-19(2)14(20)10-4-3-9(17-18-10)12-7-11-13(21-12)8(15)5-6-16-11;1-12(2)13(3,4)19-14(18-12)10-7-9-11(17-10)8(15)5-6-16-9;1-11(2)7(12)5-3-4-6(8)10-9-5;6-4-2-1-3(5(9)10)7-8-4;1-3-2;/h3-7,10,13-14,18H,8-9,11-12H2,1-2H3;5-6,11,15H,7-10H2,1-4H3;3-7H,1-2H3;5-7H,1-4H3;3-4H,1-2H3;1-2H,(H,9,10);3H2,1-2H3;1H. The number of carboxylic acids is 1. The van der Waals surface area contributed by atoms with Gasteiger partial charge >= 0.3 is 20.2 Å². The van der Waals surface area contributed by atoms with Crippen LogP contribution in [0.5, 0.6) is 11.5 Å². The minimum atomic E-state index is -1.11. The highest BCUT2D eigenvalue weighted by molar-refractivity contribution is 6.62. The summed E-state index contributed by atoms with van der Waals surface area (Å²) in [4.78, 5) is 62.3. The smallest absolute Gasteiger partial charge is 0.489 e. The lowest BCUT2D eigenvalue weighted by Gasteiger charge is -2.32. The maximum atomic E-state index is 12.1. The number of hydrogen-bond donors (Lipinski definition) is 1. The van der Waals surface area contributed by atoms with E-state index in [1.165, 1.54) is 45.4 Å². The van der Waals surface area contributed by atoms with Gasteiger partial charge in [0.05, 0.1) is 70.0 Å². The number of pyridine rings is 3. The van der Waals surface area contributed by atoms with Crippen molar-refractivity contribution in [3.05, 3.63) is 194 Å². The molecule has 32 nitrogen and oxygen atoms in total. The zero-order valence-electron chi connectivity index (χ0n) is 71.6. The maximum Gasteiger partial charge on any atom is 0.532 e. The zero-order chi connectivity index (χ0) is 90.0. The first-order chi connectivity index (χ1) is 58.9. The average Bonchev–Trinajstić information content (AvgIpc) is 1.62. The molecule has 2 aromatic carbocycles. The molecule has 10 aromatic heterocycles. The van der Waals surface area contributed by atoms with Gasteiger partial charge in [-0.05, 0) is 157 Å². The highest BCUT2D eigenvalue weighted by atomic mass is 35.5. The number of nitriles is 2. The van der Waals surface area contributed by atoms with Crippen molar-refractivity contribution in [2.45, 2.75) is 136 Å². The van der Waals surface area contributed by atoms with Crippen LogP contribution in [0.25, 0.3) is 67.3 Å². The van der Waals surface area contributed by atoms with Crippen LogP contribution in [0.1, 0.15) is 154 Å². The summed E-state index contributed by atoms with van der Waals surface area (Å²) in [6, 6.07) is 38.4. The number of carbonyl (C=O) groups excluding carboxylic acids is 3. The molecule has 0 saturated carbocycles. The summed E-state index contributed by atoms with van der Waals surface area (Å²) in [5.74, 6) is 0.445. The number of amides is 3. The topological polar surface area (TPSA) is 401 Å². The third kappa shape index (κ3) is 25.0. The molecule has 1 N–H and O–H groups in total.